The number of likely N-dealkylation sites (tertiary alicyclic amines) is 1. The van der Waals surface area contributed by atoms with Gasteiger partial charge < -0.3 is 10.2 Å². The molecule has 0 aromatic carbocycles. The molecule has 1 aliphatic heterocycles. The zero-order chi connectivity index (χ0) is 13.2. The van der Waals surface area contributed by atoms with Crippen molar-refractivity contribution in [3.05, 3.63) is 22.4 Å². The third-order valence-electron chi connectivity index (χ3n) is 4.47. The van der Waals surface area contributed by atoms with E-state index in [-0.39, 0.29) is 12.1 Å². The number of amides is 2. The number of thiophene rings is 1. The Balaban J connectivity index is 1.48. The zero-order valence-electron chi connectivity index (χ0n) is 11.5. The highest BCUT2D eigenvalue weighted by Gasteiger charge is 2.38. The maximum Gasteiger partial charge on any atom is 0.317 e. The second-order valence-electron chi connectivity index (χ2n) is 5.99. The first-order valence-corrected chi connectivity index (χ1v) is 8.18. The SMILES string of the molecule is C[C@@H](Cc1cccs1)NC(=O)N1C[C@H]2CCC[C@H]2C1. The van der Waals surface area contributed by atoms with E-state index in [2.05, 4.69) is 29.8 Å². The first kappa shape index (κ1) is 13.0. The van der Waals surface area contributed by atoms with Crippen LogP contribution in [0.15, 0.2) is 17.5 Å². The Bertz CT molecular complexity index is 419. The normalized spacial score (nSPS) is 27.3. The van der Waals surface area contributed by atoms with Gasteiger partial charge in [-0.05, 0) is 43.0 Å². The van der Waals surface area contributed by atoms with Crippen molar-refractivity contribution in [1.82, 2.24) is 10.2 Å². The van der Waals surface area contributed by atoms with Crippen molar-refractivity contribution in [2.45, 2.75) is 38.6 Å². The number of hydrogen-bond donors (Lipinski definition) is 1. The van der Waals surface area contributed by atoms with Crippen molar-refractivity contribution < 1.29 is 4.79 Å². The second kappa shape index (κ2) is 5.53. The van der Waals surface area contributed by atoms with E-state index in [1.54, 1.807) is 11.3 Å². The summed E-state index contributed by atoms with van der Waals surface area (Å²) in [6.07, 6.45) is 4.93. The smallest absolute Gasteiger partial charge is 0.317 e. The molecule has 3 rings (SSSR count). The Hall–Kier alpha value is -1.03. The van der Waals surface area contributed by atoms with Crippen LogP contribution in [0.2, 0.25) is 0 Å². The summed E-state index contributed by atoms with van der Waals surface area (Å²) in [6.45, 7) is 4.04. The molecule has 1 aromatic heterocycles. The molecule has 1 aromatic rings. The number of fused-ring (bicyclic) bond motifs is 1. The predicted octanol–water partition coefficient (Wildman–Crippen LogP) is 3.12. The Morgan fingerprint density at radius 2 is 2.21 bits per heavy atom. The molecule has 1 saturated heterocycles. The highest BCUT2D eigenvalue weighted by atomic mass is 32.1. The molecule has 4 heteroatoms. The first-order valence-electron chi connectivity index (χ1n) is 7.30. The molecule has 3 atom stereocenters. The number of nitrogens with one attached hydrogen (secondary N) is 1. The summed E-state index contributed by atoms with van der Waals surface area (Å²) >= 11 is 1.76. The van der Waals surface area contributed by atoms with Gasteiger partial charge in [-0.3, -0.25) is 0 Å². The third kappa shape index (κ3) is 2.94. The summed E-state index contributed by atoms with van der Waals surface area (Å²) in [7, 11) is 0. The molecule has 2 heterocycles. The van der Waals surface area contributed by atoms with Crippen molar-refractivity contribution in [2.24, 2.45) is 11.8 Å². The molecular formula is C15H22N2OS. The lowest BCUT2D eigenvalue weighted by Crippen LogP contribution is -2.43. The quantitative estimate of drug-likeness (QED) is 0.905. The third-order valence-corrected chi connectivity index (χ3v) is 5.37. The van der Waals surface area contributed by atoms with Gasteiger partial charge in [0.05, 0.1) is 0 Å². The van der Waals surface area contributed by atoms with Crippen LogP contribution >= 0.6 is 11.3 Å². The lowest BCUT2D eigenvalue weighted by Gasteiger charge is -2.21. The van der Waals surface area contributed by atoms with Crippen LogP contribution in [0.3, 0.4) is 0 Å². The van der Waals surface area contributed by atoms with Crippen LogP contribution in [0.5, 0.6) is 0 Å². The molecule has 2 aliphatic rings. The summed E-state index contributed by atoms with van der Waals surface area (Å²) in [5, 5.41) is 5.23. The lowest BCUT2D eigenvalue weighted by atomic mass is 10.0. The summed E-state index contributed by atoms with van der Waals surface area (Å²) < 4.78 is 0. The van der Waals surface area contributed by atoms with Gasteiger partial charge in [0.25, 0.3) is 0 Å². The van der Waals surface area contributed by atoms with Gasteiger partial charge in [-0.2, -0.15) is 0 Å². The molecule has 3 nitrogen and oxygen atoms in total. The number of urea groups is 1. The lowest BCUT2D eigenvalue weighted by molar-refractivity contribution is 0.201. The average molecular weight is 278 g/mol. The topological polar surface area (TPSA) is 32.3 Å². The largest absolute Gasteiger partial charge is 0.335 e. The van der Waals surface area contributed by atoms with Crippen molar-refractivity contribution in [2.75, 3.05) is 13.1 Å². The number of rotatable bonds is 3. The number of nitrogens with zero attached hydrogens (tertiary/aromatic N) is 1. The van der Waals surface area contributed by atoms with Crippen molar-refractivity contribution >= 4 is 17.4 Å². The van der Waals surface area contributed by atoms with Gasteiger partial charge >= 0.3 is 6.03 Å². The molecule has 0 radical (unpaired) electrons. The monoisotopic (exact) mass is 278 g/mol. The van der Waals surface area contributed by atoms with Crippen LogP contribution in [0, 0.1) is 11.8 Å². The van der Waals surface area contributed by atoms with E-state index in [1.807, 2.05) is 4.90 Å². The van der Waals surface area contributed by atoms with Gasteiger partial charge in [0.2, 0.25) is 0 Å². The van der Waals surface area contributed by atoms with Gasteiger partial charge in [-0.25, -0.2) is 4.79 Å². The molecule has 0 bridgehead atoms. The minimum Gasteiger partial charge on any atom is -0.335 e. The van der Waals surface area contributed by atoms with Crippen LogP contribution in [0.1, 0.15) is 31.1 Å². The molecule has 1 N–H and O–H groups in total. The Labute approximate surface area is 119 Å². The summed E-state index contributed by atoms with van der Waals surface area (Å²) in [6, 6.07) is 4.55. The van der Waals surface area contributed by atoms with Gasteiger partial charge in [0, 0.05) is 30.4 Å². The fraction of sp³-hybridized carbons (Fsp3) is 0.667. The Morgan fingerprint density at radius 3 is 2.84 bits per heavy atom. The molecule has 1 saturated carbocycles. The Kier molecular flexibility index (Phi) is 3.78. The molecule has 2 fully saturated rings. The zero-order valence-corrected chi connectivity index (χ0v) is 12.3. The summed E-state index contributed by atoms with van der Waals surface area (Å²) in [5.74, 6) is 1.55. The standard InChI is InChI=1S/C15H22N2OS/c1-11(8-14-6-3-7-19-14)16-15(18)17-9-12-4-2-5-13(12)10-17/h3,6-7,11-13H,2,4-5,8-10H2,1H3,(H,16,18)/t11-,12-,13+/m0/s1. The first-order chi connectivity index (χ1) is 9.22. The highest BCUT2D eigenvalue weighted by molar-refractivity contribution is 7.09. The molecular weight excluding hydrogens is 256 g/mol. The molecule has 0 spiro atoms. The van der Waals surface area contributed by atoms with Crippen LogP contribution in [0.25, 0.3) is 0 Å². The van der Waals surface area contributed by atoms with E-state index in [4.69, 9.17) is 0 Å². The van der Waals surface area contributed by atoms with E-state index in [0.29, 0.717) is 0 Å². The van der Waals surface area contributed by atoms with Crippen LogP contribution in [-0.2, 0) is 6.42 Å². The summed E-state index contributed by atoms with van der Waals surface area (Å²) in [4.78, 5) is 15.6. The van der Waals surface area contributed by atoms with E-state index in [0.717, 1.165) is 31.3 Å². The highest BCUT2D eigenvalue weighted by Crippen LogP contribution is 2.37. The van der Waals surface area contributed by atoms with E-state index in [9.17, 15) is 4.79 Å². The fourth-order valence-electron chi connectivity index (χ4n) is 3.48. The molecule has 0 unspecified atom stereocenters. The van der Waals surface area contributed by atoms with Crippen molar-refractivity contribution in [1.29, 1.82) is 0 Å². The van der Waals surface area contributed by atoms with E-state index >= 15 is 0 Å². The molecule has 1 aliphatic carbocycles. The fourth-order valence-corrected chi connectivity index (χ4v) is 4.32. The maximum atomic E-state index is 12.2. The minimum absolute atomic E-state index is 0.137. The van der Waals surface area contributed by atoms with Crippen molar-refractivity contribution in [3.8, 4) is 0 Å². The Morgan fingerprint density at radius 1 is 1.47 bits per heavy atom. The van der Waals surface area contributed by atoms with Crippen molar-refractivity contribution in [3.63, 3.8) is 0 Å². The average Bonchev–Trinajstić information content (AvgIpc) is 3.02. The van der Waals surface area contributed by atoms with E-state index < -0.39 is 0 Å². The number of carbonyl (C=O) groups excluding carboxylic acids is 1. The van der Waals surface area contributed by atoms with E-state index in [1.165, 1.54) is 24.1 Å². The van der Waals surface area contributed by atoms with Crippen LogP contribution in [0.4, 0.5) is 4.79 Å². The maximum absolute atomic E-state index is 12.2. The molecule has 19 heavy (non-hydrogen) atoms. The number of hydrogen-bond acceptors (Lipinski definition) is 2. The van der Waals surface area contributed by atoms with Crippen LogP contribution < -0.4 is 5.32 Å². The van der Waals surface area contributed by atoms with Gasteiger partial charge in [-0.1, -0.05) is 12.5 Å². The van der Waals surface area contributed by atoms with Gasteiger partial charge in [0.15, 0.2) is 0 Å². The molecule has 104 valence electrons. The second-order valence-corrected chi connectivity index (χ2v) is 7.02. The number of carbonyl (C=O) groups is 1. The van der Waals surface area contributed by atoms with Gasteiger partial charge in [0.1, 0.15) is 0 Å². The molecule has 2 amide bonds. The summed E-state index contributed by atoms with van der Waals surface area (Å²) in [5.41, 5.74) is 0. The predicted molar refractivity (Wildman–Crippen MR) is 78.4 cm³/mol. The van der Waals surface area contributed by atoms with Gasteiger partial charge in [-0.15, -0.1) is 11.3 Å². The van der Waals surface area contributed by atoms with Crippen LogP contribution in [-0.4, -0.2) is 30.1 Å². The minimum atomic E-state index is 0.137.